The van der Waals surface area contributed by atoms with Crippen molar-refractivity contribution in [3.8, 4) is 17.2 Å². The number of rotatable bonds is 13. The Hall–Kier alpha value is -3.52. The van der Waals surface area contributed by atoms with E-state index in [1.54, 1.807) is 11.0 Å². The largest absolute Gasteiger partial charge is 0.507 e. The molecule has 8 heteroatoms. The highest BCUT2D eigenvalue weighted by Gasteiger charge is 2.46. The Balaban J connectivity index is 1.78. The fraction of sp³-hybridized carbons (Fsp3) is 0.515. The van der Waals surface area contributed by atoms with Crippen LogP contribution >= 0.6 is 0 Å². The molecule has 0 bridgehead atoms. The average molecular weight is 565 g/mol. The molecule has 2 heterocycles. The molecule has 2 aliphatic heterocycles. The van der Waals surface area contributed by atoms with E-state index in [0.29, 0.717) is 61.3 Å². The van der Waals surface area contributed by atoms with Gasteiger partial charge in [0.1, 0.15) is 17.6 Å². The number of amides is 1. The predicted octanol–water partition coefficient (Wildman–Crippen LogP) is 5.60. The van der Waals surface area contributed by atoms with Crippen molar-refractivity contribution in [3.05, 3.63) is 58.7 Å². The van der Waals surface area contributed by atoms with Gasteiger partial charge in [-0.1, -0.05) is 33.8 Å². The monoisotopic (exact) mass is 564 g/mol. The highest BCUT2D eigenvalue weighted by atomic mass is 16.5. The van der Waals surface area contributed by atoms with Gasteiger partial charge in [-0.15, -0.1) is 0 Å². The van der Waals surface area contributed by atoms with Crippen LogP contribution in [0.2, 0.25) is 0 Å². The lowest BCUT2D eigenvalue weighted by atomic mass is 9.94. The lowest BCUT2D eigenvalue weighted by molar-refractivity contribution is -0.140. The normalized spacial score (nSPS) is 19.7. The van der Waals surface area contributed by atoms with Crippen molar-refractivity contribution in [2.45, 2.75) is 66.5 Å². The first-order valence-electron chi connectivity index (χ1n) is 14.9. The van der Waals surface area contributed by atoms with E-state index in [-0.39, 0.29) is 17.4 Å². The maximum Gasteiger partial charge on any atom is 0.295 e. The second-order valence-corrected chi connectivity index (χ2v) is 11.1. The predicted molar refractivity (Wildman–Crippen MR) is 160 cm³/mol. The molecule has 1 N–H and O–H groups in total. The molecule has 41 heavy (non-hydrogen) atoms. The number of likely N-dealkylation sites (N-methyl/N-ethyl adjacent to an activating group) is 1. The SMILES string of the molecule is CCOc1cc([C@@H]2/C(=C(\O)c3ccc4c(c3)C[C@@H](C)O4)C(=O)C(=O)N2CCN(CC)CC)ccc1OCCC(C)C. The standard InChI is InChI=1S/C33H44N2O6/c1-7-34(8-2)15-16-35-30(23-10-13-27(28(20-23)39-9-3)40-17-14-21(4)5)29(32(37)33(35)38)31(36)24-11-12-26-25(19-24)18-22(6)41-26/h10-13,19-22,30,36H,7-9,14-18H2,1-6H3/b31-29+/t22-,30-/m1/s1. The topological polar surface area (TPSA) is 88.5 Å². The molecule has 0 aliphatic carbocycles. The molecule has 2 atom stereocenters. The van der Waals surface area contributed by atoms with E-state index in [9.17, 15) is 14.7 Å². The first-order chi connectivity index (χ1) is 19.7. The Morgan fingerprint density at radius 1 is 1.07 bits per heavy atom. The van der Waals surface area contributed by atoms with Crippen LogP contribution in [0.15, 0.2) is 42.0 Å². The van der Waals surface area contributed by atoms with Crippen LogP contribution in [0, 0.1) is 5.92 Å². The van der Waals surface area contributed by atoms with Gasteiger partial charge in [0.25, 0.3) is 11.7 Å². The Kier molecular flexibility index (Phi) is 9.97. The zero-order valence-electron chi connectivity index (χ0n) is 25.2. The smallest absolute Gasteiger partial charge is 0.295 e. The van der Waals surface area contributed by atoms with E-state index >= 15 is 0 Å². The van der Waals surface area contributed by atoms with E-state index < -0.39 is 17.7 Å². The maximum atomic E-state index is 13.6. The summed E-state index contributed by atoms with van der Waals surface area (Å²) in [5.74, 6) is 0.959. The number of fused-ring (bicyclic) bond motifs is 1. The summed E-state index contributed by atoms with van der Waals surface area (Å²) in [5, 5.41) is 11.6. The van der Waals surface area contributed by atoms with Crippen molar-refractivity contribution in [1.29, 1.82) is 0 Å². The molecule has 0 spiro atoms. The van der Waals surface area contributed by atoms with Crippen LogP contribution in [0.4, 0.5) is 0 Å². The van der Waals surface area contributed by atoms with Crippen molar-refractivity contribution in [1.82, 2.24) is 9.80 Å². The third-order valence-electron chi connectivity index (χ3n) is 7.80. The Morgan fingerprint density at radius 2 is 1.83 bits per heavy atom. The van der Waals surface area contributed by atoms with Gasteiger partial charge < -0.3 is 29.1 Å². The summed E-state index contributed by atoms with van der Waals surface area (Å²) in [6.45, 7) is 15.9. The summed E-state index contributed by atoms with van der Waals surface area (Å²) in [5.41, 5.74) is 2.22. The summed E-state index contributed by atoms with van der Waals surface area (Å²) in [4.78, 5) is 30.8. The van der Waals surface area contributed by atoms with Crippen molar-refractivity contribution in [2.75, 3.05) is 39.4 Å². The molecule has 4 rings (SSSR count). The molecule has 8 nitrogen and oxygen atoms in total. The molecule has 1 fully saturated rings. The molecule has 0 radical (unpaired) electrons. The number of hydrogen-bond donors (Lipinski definition) is 1. The van der Waals surface area contributed by atoms with Crippen molar-refractivity contribution in [3.63, 3.8) is 0 Å². The van der Waals surface area contributed by atoms with Gasteiger partial charge in [0, 0.05) is 25.1 Å². The lowest BCUT2D eigenvalue weighted by Gasteiger charge is -2.28. The molecule has 2 aliphatic rings. The van der Waals surface area contributed by atoms with E-state index in [0.717, 1.165) is 30.8 Å². The first kappa shape index (κ1) is 30.4. The lowest BCUT2D eigenvalue weighted by Crippen LogP contribution is -2.38. The van der Waals surface area contributed by atoms with Crippen molar-refractivity contribution < 1.29 is 28.9 Å². The second kappa shape index (κ2) is 13.4. The fourth-order valence-electron chi connectivity index (χ4n) is 5.46. The molecular formula is C33H44N2O6. The van der Waals surface area contributed by atoms with Gasteiger partial charge in [0.05, 0.1) is 24.8 Å². The minimum Gasteiger partial charge on any atom is -0.507 e. The number of likely N-dealkylation sites (tertiary alicyclic amines) is 1. The van der Waals surface area contributed by atoms with E-state index in [2.05, 4.69) is 32.6 Å². The zero-order chi connectivity index (χ0) is 29.7. The van der Waals surface area contributed by atoms with Crippen LogP contribution in [-0.4, -0.2) is 72.1 Å². The Labute approximate surface area is 243 Å². The number of Topliss-reactive ketones (excluding diaryl/α,β-unsaturated/α-hetero) is 1. The van der Waals surface area contributed by atoms with Crippen LogP contribution in [0.1, 0.15) is 70.7 Å². The number of aliphatic hydroxyl groups excluding tert-OH is 1. The Morgan fingerprint density at radius 3 is 2.51 bits per heavy atom. The molecule has 1 saturated heterocycles. The quantitative estimate of drug-likeness (QED) is 0.193. The summed E-state index contributed by atoms with van der Waals surface area (Å²) in [7, 11) is 0. The van der Waals surface area contributed by atoms with Crippen LogP contribution < -0.4 is 14.2 Å². The van der Waals surface area contributed by atoms with Crippen LogP contribution in [0.5, 0.6) is 17.2 Å². The summed E-state index contributed by atoms with van der Waals surface area (Å²) >= 11 is 0. The molecule has 0 saturated carbocycles. The number of ketones is 1. The molecule has 2 aromatic rings. The van der Waals surface area contributed by atoms with Gasteiger partial charge in [-0.25, -0.2) is 0 Å². The van der Waals surface area contributed by atoms with Gasteiger partial charge in [-0.2, -0.15) is 0 Å². The van der Waals surface area contributed by atoms with E-state index in [1.807, 2.05) is 44.2 Å². The number of ether oxygens (including phenoxy) is 3. The number of benzene rings is 2. The number of aliphatic hydroxyl groups is 1. The van der Waals surface area contributed by atoms with E-state index in [4.69, 9.17) is 14.2 Å². The summed E-state index contributed by atoms with van der Waals surface area (Å²) in [6.07, 6.45) is 1.67. The van der Waals surface area contributed by atoms with Crippen LogP contribution in [0.25, 0.3) is 5.76 Å². The number of carbonyl (C=O) groups excluding carboxylic acids is 2. The third-order valence-corrected chi connectivity index (χ3v) is 7.80. The molecule has 1 amide bonds. The van der Waals surface area contributed by atoms with Gasteiger partial charge in [0.2, 0.25) is 0 Å². The highest BCUT2D eigenvalue weighted by Crippen LogP contribution is 2.43. The molecule has 0 unspecified atom stereocenters. The fourth-order valence-corrected chi connectivity index (χ4v) is 5.46. The van der Waals surface area contributed by atoms with Gasteiger partial charge in [-0.3, -0.25) is 9.59 Å². The van der Waals surface area contributed by atoms with Gasteiger partial charge in [-0.05, 0) is 80.7 Å². The molecular weight excluding hydrogens is 520 g/mol. The highest BCUT2D eigenvalue weighted by molar-refractivity contribution is 6.46. The minimum atomic E-state index is -0.766. The van der Waals surface area contributed by atoms with E-state index in [1.165, 1.54) is 0 Å². The maximum absolute atomic E-state index is 13.6. The number of carbonyl (C=O) groups is 2. The minimum absolute atomic E-state index is 0.0475. The van der Waals surface area contributed by atoms with Crippen LogP contribution in [0.3, 0.4) is 0 Å². The average Bonchev–Trinajstić information content (AvgIpc) is 3.44. The number of nitrogens with zero attached hydrogens (tertiary/aromatic N) is 2. The molecule has 222 valence electrons. The molecule has 0 aromatic heterocycles. The summed E-state index contributed by atoms with van der Waals surface area (Å²) in [6, 6.07) is 10.2. The van der Waals surface area contributed by atoms with Crippen molar-refractivity contribution in [2.24, 2.45) is 5.92 Å². The number of hydrogen-bond acceptors (Lipinski definition) is 7. The third kappa shape index (κ3) is 6.70. The Bertz CT molecular complexity index is 1280. The first-order valence-corrected chi connectivity index (χ1v) is 14.9. The van der Waals surface area contributed by atoms with Gasteiger partial charge in [0.15, 0.2) is 11.5 Å². The summed E-state index contributed by atoms with van der Waals surface area (Å²) < 4.78 is 17.8. The van der Waals surface area contributed by atoms with Crippen LogP contribution in [-0.2, 0) is 16.0 Å². The zero-order valence-corrected chi connectivity index (χ0v) is 25.2. The molecule has 2 aromatic carbocycles. The van der Waals surface area contributed by atoms with Crippen molar-refractivity contribution >= 4 is 17.4 Å². The van der Waals surface area contributed by atoms with Gasteiger partial charge >= 0.3 is 0 Å². The second-order valence-electron chi connectivity index (χ2n) is 11.1.